The summed E-state index contributed by atoms with van der Waals surface area (Å²) < 4.78 is 0. The molecule has 0 aliphatic rings. The number of rotatable bonds is 2. The van der Waals surface area contributed by atoms with Gasteiger partial charge in [-0.1, -0.05) is 0 Å². The third-order valence-corrected chi connectivity index (χ3v) is 3.89. The molecule has 0 aliphatic carbocycles. The van der Waals surface area contributed by atoms with Crippen molar-refractivity contribution < 1.29 is 0 Å². The summed E-state index contributed by atoms with van der Waals surface area (Å²) in [5.74, 6) is 0.670. The largest absolute Gasteiger partial charge is 0.335 e. The molecule has 5 heterocycles. The lowest BCUT2D eigenvalue weighted by Gasteiger charge is -2.00. The molecule has 0 aromatic carbocycles. The average Bonchev–Trinajstić information content (AvgIpc) is 3.25. The van der Waals surface area contributed by atoms with E-state index in [1.807, 2.05) is 30.3 Å². The first kappa shape index (κ1) is 12.9. The van der Waals surface area contributed by atoms with Gasteiger partial charge in [0.25, 0.3) is 0 Å². The van der Waals surface area contributed by atoms with Gasteiger partial charge in [-0.05, 0) is 30.3 Å². The number of hydrogen-bond donors (Lipinski definition) is 2. The van der Waals surface area contributed by atoms with Gasteiger partial charge in [-0.2, -0.15) is 5.10 Å². The van der Waals surface area contributed by atoms with E-state index in [0.29, 0.717) is 11.5 Å². The number of aromatic nitrogens is 7. The molecule has 0 saturated carbocycles. The van der Waals surface area contributed by atoms with Crippen LogP contribution >= 0.6 is 0 Å². The van der Waals surface area contributed by atoms with Crippen LogP contribution in [0.15, 0.2) is 55.1 Å². The Hall–Kier alpha value is -3.61. The Morgan fingerprint density at radius 3 is 2.54 bits per heavy atom. The number of nitrogens with one attached hydrogen (secondary N) is 2. The lowest BCUT2D eigenvalue weighted by Crippen LogP contribution is -1.87. The van der Waals surface area contributed by atoms with Crippen LogP contribution in [-0.4, -0.2) is 35.1 Å². The van der Waals surface area contributed by atoms with Gasteiger partial charge in [-0.3, -0.25) is 15.1 Å². The van der Waals surface area contributed by atoms with Crippen LogP contribution in [0.3, 0.4) is 0 Å². The predicted molar refractivity (Wildman–Crippen MR) is 90.0 cm³/mol. The molecule has 5 rings (SSSR count). The first-order valence-electron chi connectivity index (χ1n) is 7.44. The zero-order valence-corrected chi connectivity index (χ0v) is 12.4. The van der Waals surface area contributed by atoms with Gasteiger partial charge in [0, 0.05) is 24.2 Å². The monoisotopic (exact) mass is 313 g/mol. The van der Waals surface area contributed by atoms with Crippen LogP contribution in [0.2, 0.25) is 0 Å². The number of imidazole rings is 1. The molecule has 0 radical (unpaired) electrons. The van der Waals surface area contributed by atoms with E-state index in [4.69, 9.17) is 4.98 Å². The molecule has 0 fully saturated rings. The molecular formula is C17H11N7. The number of hydrogen-bond acceptors (Lipinski definition) is 5. The van der Waals surface area contributed by atoms with Crippen LogP contribution in [0.4, 0.5) is 0 Å². The summed E-state index contributed by atoms with van der Waals surface area (Å²) in [6.07, 6.45) is 6.97. The van der Waals surface area contributed by atoms with Gasteiger partial charge in [0.15, 0.2) is 11.5 Å². The minimum absolute atomic E-state index is 0.670. The maximum atomic E-state index is 4.75. The second-order valence-electron chi connectivity index (χ2n) is 5.38. The third kappa shape index (κ3) is 1.95. The molecule has 5 aromatic heterocycles. The lowest BCUT2D eigenvalue weighted by atomic mass is 10.1. The standard InChI is InChI=1S/C17H11N7/c1-2-13-15(20-11(1)10-3-6-18-7-4-10)16(24-23-13)17-21-12-5-8-19-9-14(12)22-17/h1-9H,(H,21,22)(H,23,24). The van der Waals surface area contributed by atoms with E-state index in [2.05, 4.69) is 30.1 Å². The molecule has 0 amide bonds. The molecule has 0 unspecified atom stereocenters. The number of aromatic amines is 2. The highest BCUT2D eigenvalue weighted by Gasteiger charge is 2.14. The van der Waals surface area contributed by atoms with Crippen molar-refractivity contribution in [1.29, 1.82) is 0 Å². The molecular weight excluding hydrogens is 302 g/mol. The number of pyridine rings is 3. The van der Waals surface area contributed by atoms with Crippen LogP contribution in [0.5, 0.6) is 0 Å². The number of nitrogens with zero attached hydrogens (tertiary/aromatic N) is 5. The van der Waals surface area contributed by atoms with Gasteiger partial charge < -0.3 is 4.98 Å². The fraction of sp³-hybridized carbons (Fsp3) is 0. The number of fused-ring (bicyclic) bond motifs is 2. The topological polar surface area (TPSA) is 96.0 Å². The maximum absolute atomic E-state index is 4.75. The van der Waals surface area contributed by atoms with Crippen molar-refractivity contribution in [3.8, 4) is 22.8 Å². The van der Waals surface area contributed by atoms with Gasteiger partial charge in [0.05, 0.1) is 28.4 Å². The van der Waals surface area contributed by atoms with Gasteiger partial charge in [-0.25, -0.2) is 9.97 Å². The van der Waals surface area contributed by atoms with Gasteiger partial charge in [0.1, 0.15) is 5.52 Å². The van der Waals surface area contributed by atoms with Crippen LogP contribution in [-0.2, 0) is 0 Å². The van der Waals surface area contributed by atoms with Crippen LogP contribution < -0.4 is 0 Å². The van der Waals surface area contributed by atoms with Gasteiger partial charge >= 0.3 is 0 Å². The average molecular weight is 313 g/mol. The normalized spacial score (nSPS) is 11.3. The molecule has 0 aliphatic heterocycles. The van der Waals surface area contributed by atoms with Crippen molar-refractivity contribution in [2.24, 2.45) is 0 Å². The predicted octanol–water partition coefficient (Wildman–Crippen LogP) is 2.96. The van der Waals surface area contributed by atoms with E-state index in [1.54, 1.807) is 24.8 Å². The highest BCUT2D eigenvalue weighted by Crippen LogP contribution is 2.27. The summed E-state index contributed by atoms with van der Waals surface area (Å²) in [5.41, 5.74) is 5.92. The molecule has 0 spiro atoms. The van der Waals surface area contributed by atoms with E-state index in [9.17, 15) is 0 Å². The molecule has 2 N–H and O–H groups in total. The Morgan fingerprint density at radius 2 is 1.67 bits per heavy atom. The molecule has 0 atom stereocenters. The van der Waals surface area contributed by atoms with Crippen molar-refractivity contribution in [3.63, 3.8) is 0 Å². The molecule has 7 nitrogen and oxygen atoms in total. The Kier molecular flexibility index (Phi) is 2.66. The maximum Gasteiger partial charge on any atom is 0.161 e. The first-order chi connectivity index (χ1) is 11.9. The minimum Gasteiger partial charge on any atom is -0.335 e. The van der Waals surface area contributed by atoms with Gasteiger partial charge in [-0.15, -0.1) is 0 Å². The molecule has 0 bridgehead atoms. The Balaban J connectivity index is 1.71. The highest BCUT2D eigenvalue weighted by molar-refractivity contribution is 5.91. The van der Waals surface area contributed by atoms with E-state index in [0.717, 1.165) is 33.3 Å². The van der Waals surface area contributed by atoms with Crippen molar-refractivity contribution in [1.82, 2.24) is 35.1 Å². The summed E-state index contributed by atoms with van der Waals surface area (Å²) in [5, 5.41) is 7.39. The first-order valence-corrected chi connectivity index (χ1v) is 7.44. The second kappa shape index (κ2) is 4.95. The SMILES string of the molecule is c1cc(-c2ccc3[nH]nc(-c4nc5ccncc5[nH]4)c3n2)ccn1. The molecule has 7 heteroatoms. The third-order valence-electron chi connectivity index (χ3n) is 3.89. The Morgan fingerprint density at radius 1 is 0.792 bits per heavy atom. The summed E-state index contributed by atoms with van der Waals surface area (Å²) >= 11 is 0. The summed E-state index contributed by atoms with van der Waals surface area (Å²) in [4.78, 5) is 20.7. The zero-order valence-electron chi connectivity index (χ0n) is 12.4. The minimum atomic E-state index is 0.670. The lowest BCUT2D eigenvalue weighted by molar-refractivity contribution is 1.10. The van der Waals surface area contributed by atoms with Crippen LogP contribution in [0.25, 0.3) is 44.8 Å². The quantitative estimate of drug-likeness (QED) is 0.522. The summed E-state index contributed by atoms with van der Waals surface area (Å²) in [6.45, 7) is 0. The smallest absolute Gasteiger partial charge is 0.161 e. The zero-order chi connectivity index (χ0) is 15.9. The highest BCUT2D eigenvalue weighted by atomic mass is 15.1. The van der Waals surface area contributed by atoms with E-state index < -0.39 is 0 Å². The second-order valence-corrected chi connectivity index (χ2v) is 5.38. The Bertz CT molecular complexity index is 1120. The van der Waals surface area contributed by atoms with Crippen LogP contribution in [0, 0.1) is 0 Å². The molecule has 114 valence electrons. The van der Waals surface area contributed by atoms with E-state index in [-0.39, 0.29) is 0 Å². The summed E-state index contributed by atoms with van der Waals surface area (Å²) in [6, 6.07) is 9.66. The molecule has 0 saturated heterocycles. The summed E-state index contributed by atoms with van der Waals surface area (Å²) in [7, 11) is 0. The van der Waals surface area contributed by atoms with Crippen molar-refractivity contribution in [2.75, 3.05) is 0 Å². The number of H-pyrrole nitrogens is 2. The van der Waals surface area contributed by atoms with Crippen LogP contribution in [0.1, 0.15) is 0 Å². The van der Waals surface area contributed by atoms with Gasteiger partial charge in [0.2, 0.25) is 0 Å². The van der Waals surface area contributed by atoms with Crippen molar-refractivity contribution >= 4 is 22.1 Å². The van der Waals surface area contributed by atoms with Crippen molar-refractivity contribution in [2.45, 2.75) is 0 Å². The Labute approximate surface area is 135 Å². The van der Waals surface area contributed by atoms with E-state index >= 15 is 0 Å². The fourth-order valence-electron chi connectivity index (χ4n) is 2.72. The fourth-order valence-corrected chi connectivity index (χ4v) is 2.72. The van der Waals surface area contributed by atoms with E-state index in [1.165, 1.54) is 0 Å². The molecule has 24 heavy (non-hydrogen) atoms. The molecule has 5 aromatic rings. The van der Waals surface area contributed by atoms with Crippen molar-refractivity contribution in [3.05, 3.63) is 55.1 Å².